The number of hydrogen-bond acceptors (Lipinski definition) is 9. The van der Waals surface area contributed by atoms with E-state index in [1.165, 1.54) is 7.11 Å². The number of nitrogens with one attached hydrogen (secondary N) is 2. The van der Waals surface area contributed by atoms with Crippen molar-refractivity contribution >= 4 is 29.4 Å². The predicted molar refractivity (Wildman–Crippen MR) is 169 cm³/mol. The predicted octanol–water partition coefficient (Wildman–Crippen LogP) is 4.80. The minimum absolute atomic E-state index is 0.00564. The average Bonchev–Trinajstić information content (AvgIpc) is 3.48. The minimum Gasteiger partial charge on any atom is -0.467 e. The number of rotatable bonds is 11. The van der Waals surface area contributed by atoms with Crippen molar-refractivity contribution in [2.75, 3.05) is 18.2 Å². The van der Waals surface area contributed by atoms with Crippen LogP contribution in [0.15, 0.2) is 90.3 Å². The molecule has 0 radical (unpaired) electrons. The summed E-state index contributed by atoms with van der Waals surface area (Å²) in [6.07, 6.45) is 0.734. The highest BCUT2D eigenvalue weighted by molar-refractivity contribution is 7.99. The number of ether oxygens (including phenoxy) is 3. The van der Waals surface area contributed by atoms with Crippen LogP contribution in [0.25, 0.3) is 0 Å². The SMILES string of the molecule is COC(=O)C(Cc1ccccc1)NC(=O)Nc1cccc(C2OC(CSc3nncn3C)C(C)C(c3ccc(CO)cc3)O2)c1. The van der Waals surface area contributed by atoms with Gasteiger partial charge in [0.25, 0.3) is 0 Å². The van der Waals surface area contributed by atoms with Gasteiger partial charge < -0.3 is 34.5 Å². The number of hydrogen-bond donors (Lipinski definition) is 3. The Balaban J connectivity index is 1.32. The molecule has 2 amide bonds. The quantitative estimate of drug-likeness (QED) is 0.158. The third-order valence-corrected chi connectivity index (χ3v) is 8.78. The lowest BCUT2D eigenvalue weighted by Gasteiger charge is -2.41. The zero-order valence-corrected chi connectivity index (χ0v) is 26.1. The summed E-state index contributed by atoms with van der Waals surface area (Å²) in [5.74, 6) is 0.0771. The molecule has 12 heteroatoms. The molecule has 5 unspecified atom stereocenters. The van der Waals surface area contributed by atoms with Gasteiger partial charge in [0.05, 0.1) is 25.9 Å². The van der Waals surface area contributed by atoms with E-state index < -0.39 is 24.3 Å². The molecule has 0 spiro atoms. The number of aliphatic hydroxyl groups excluding tert-OH is 1. The second kappa shape index (κ2) is 15.2. The number of carbonyl (C=O) groups excluding carboxylic acids is 2. The summed E-state index contributed by atoms with van der Waals surface area (Å²) >= 11 is 1.56. The Morgan fingerprint density at radius 3 is 2.49 bits per heavy atom. The Labute approximate surface area is 266 Å². The molecule has 45 heavy (non-hydrogen) atoms. The van der Waals surface area contributed by atoms with Crippen molar-refractivity contribution in [1.82, 2.24) is 20.1 Å². The normalized spacial score (nSPS) is 20.3. The smallest absolute Gasteiger partial charge is 0.328 e. The van der Waals surface area contributed by atoms with Crippen LogP contribution in [-0.4, -0.2) is 56.9 Å². The van der Waals surface area contributed by atoms with Gasteiger partial charge in [-0.05, 0) is 28.8 Å². The zero-order valence-electron chi connectivity index (χ0n) is 25.3. The number of benzene rings is 3. The van der Waals surface area contributed by atoms with Gasteiger partial charge in [-0.25, -0.2) is 9.59 Å². The van der Waals surface area contributed by atoms with Crippen molar-refractivity contribution in [1.29, 1.82) is 0 Å². The van der Waals surface area contributed by atoms with Crippen molar-refractivity contribution in [3.8, 4) is 0 Å². The van der Waals surface area contributed by atoms with E-state index in [0.717, 1.165) is 27.4 Å². The summed E-state index contributed by atoms with van der Waals surface area (Å²) in [5.41, 5.74) is 3.91. The molecule has 4 aromatic rings. The Bertz CT molecular complexity index is 1570. The van der Waals surface area contributed by atoms with E-state index in [0.29, 0.717) is 11.4 Å². The van der Waals surface area contributed by atoms with E-state index in [4.69, 9.17) is 14.2 Å². The number of aryl methyl sites for hydroxylation is 1. The number of anilines is 1. The lowest BCUT2D eigenvalue weighted by Crippen LogP contribution is -2.45. The molecule has 5 rings (SSSR count). The number of nitrogens with zero attached hydrogens (tertiary/aromatic N) is 3. The zero-order chi connectivity index (χ0) is 31.8. The van der Waals surface area contributed by atoms with Gasteiger partial charge in [-0.1, -0.05) is 85.4 Å². The fourth-order valence-electron chi connectivity index (χ4n) is 5.14. The van der Waals surface area contributed by atoms with E-state index in [1.54, 1.807) is 30.2 Å². The molecule has 3 N–H and O–H groups in total. The molecule has 1 saturated heterocycles. The van der Waals surface area contributed by atoms with Crippen molar-refractivity contribution in [3.05, 3.63) is 107 Å². The second-order valence-electron chi connectivity index (χ2n) is 10.8. The molecular formula is C33H37N5O6S. The molecule has 0 bridgehead atoms. The molecule has 11 nitrogen and oxygen atoms in total. The molecule has 0 aliphatic carbocycles. The van der Waals surface area contributed by atoms with E-state index in [9.17, 15) is 14.7 Å². The minimum atomic E-state index is -0.864. The third kappa shape index (κ3) is 8.28. The van der Waals surface area contributed by atoms with Crippen LogP contribution < -0.4 is 10.6 Å². The topological polar surface area (TPSA) is 137 Å². The molecule has 1 aliphatic heterocycles. The second-order valence-corrected chi connectivity index (χ2v) is 11.8. The third-order valence-electron chi connectivity index (χ3n) is 7.66. The van der Waals surface area contributed by atoms with Gasteiger partial charge in [-0.3, -0.25) is 0 Å². The molecule has 5 atom stereocenters. The Morgan fingerprint density at radius 1 is 1.02 bits per heavy atom. The highest BCUT2D eigenvalue weighted by Gasteiger charge is 2.38. The number of methoxy groups -OCH3 is 1. The fourth-order valence-corrected chi connectivity index (χ4v) is 6.19. The average molecular weight is 632 g/mol. The van der Waals surface area contributed by atoms with Crippen molar-refractivity contribution in [2.24, 2.45) is 13.0 Å². The van der Waals surface area contributed by atoms with Crippen LogP contribution in [0.5, 0.6) is 0 Å². The summed E-state index contributed by atoms with van der Waals surface area (Å²) in [7, 11) is 3.19. The molecule has 1 fully saturated rings. The molecule has 0 saturated carbocycles. The lowest BCUT2D eigenvalue weighted by molar-refractivity contribution is -0.268. The Morgan fingerprint density at radius 2 is 1.80 bits per heavy atom. The number of aromatic nitrogens is 3. The molecule has 1 aromatic heterocycles. The number of carbonyl (C=O) groups is 2. The molecular weight excluding hydrogens is 594 g/mol. The summed E-state index contributed by atoms with van der Waals surface area (Å²) in [4.78, 5) is 25.4. The number of aliphatic hydroxyl groups is 1. The fraction of sp³-hybridized carbons (Fsp3) is 0.333. The van der Waals surface area contributed by atoms with Gasteiger partial charge in [0, 0.05) is 36.4 Å². The highest BCUT2D eigenvalue weighted by Crippen LogP contribution is 2.43. The Hall–Kier alpha value is -4.23. The van der Waals surface area contributed by atoms with E-state index in [2.05, 4.69) is 27.8 Å². The molecule has 3 aromatic carbocycles. The summed E-state index contributed by atoms with van der Waals surface area (Å²) in [6.45, 7) is 2.06. The van der Waals surface area contributed by atoms with Crippen LogP contribution in [0.3, 0.4) is 0 Å². The molecule has 2 heterocycles. The van der Waals surface area contributed by atoms with Crippen LogP contribution >= 0.6 is 11.8 Å². The van der Waals surface area contributed by atoms with Gasteiger partial charge in [-0.2, -0.15) is 0 Å². The summed E-state index contributed by atoms with van der Waals surface area (Å²) in [6, 6.07) is 23.0. The summed E-state index contributed by atoms with van der Waals surface area (Å²) in [5, 5.41) is 24.0. The van der Waals surface area contributed by atoms with E-state index >= 15 is 0 Å². The van der Waals surface area contributed by atoms with Gasteiger partial charge >= 0.3 is 12.0 Å². The Kier molecular flexibility index (Phi) is 10.8. The summed E-state index contributed by atoms with van der Waals surface area (Å²) < 4.78 is 19.9. The van der Waals surface area contributed by atoms with Crippen LogP contribution in [0, 0.1) is 5.92 Å². The van der Waals surface area contributed by atoms with Gasteiger partial charge in [0.1, 0.15) is 12.4 Å². The number of amides is 2. The maximum atomic E-state index is 13.0. The van der Waals surface area contributed by atoms with Crippen molar-refractivity contribution in [2.45, 2.75) is 49.6 Å². The maximum absolute atomic E-state index is 13.0. The highest BCUT2D eigenvalue weighted by atomic mass is 32.2. The van der Waals surface area contributed by atoms with Crippen LogP contribution in [0.2, 0.25) is 0 Å². The van der Waals surface area contributed by atoms with Gasteiger partial charge in [0.15, 0.2) is 11.4 Å². The number of urea groups is 1. The maximum Gasteiger partial charge on any atom is 0.328 e. The number of thioether (sulfide) groups is 1. The van der Waals surface area contributed by atoms with E-state index in [1.807, 2.05) is 78.3 Å². The van der Waals surface area contributed by atoms with Crippen LogP contribution in [0.1, 0.15) is 41.6 Å². The van der Waals surface area contributed by atoms with Crippen LogP contribution in [-0.2, 0) is 39.1 Å². The van der Waals surface area contributed by atoms with Gasteiger partial charge in [-0.15, -0.1) is 10.2 Å². The first-order valence-corrected chi connectivity index (χ1v) is 15.6. The molecule has 1 aliphatic rings. The van der Waals surface area contributed by atoms with Crippen molar-refractivity contribution < 1.29 is 28.9 Å². The first-order chi connectivity index (χ1) is 21.8. The standard InChI is InChI=1S/C33H37N5O6S/c1-21-28(19-45-33-37-34-20-38(33)2)43-31(44-29(21)24-14-12-23(18-39)13-15-24)25-10-7-11-26(17-25)35-32(41)36-27(30(40)42-3)16-22-8-5-4-6-9-22/h4-15,17,20-21,27-29,31,39H,16,18-19H2,1-3H3,(H2,35,36,41). The first-order valence-electron chi connectivity index (χ1n) is 14.6. The van der Waals surface area contributed by atoms with Gasteiger partial charge in [0.2, 0.25) is 0 Å². The largest absolute Gasteiger partial charge is 0.467 e. The van der Waals surface area contributed by atoms with E-state index in [-0.39, 0.29) is 31.2 Å². The first kappa shape index (κ1) is 32.2. The van der Waals surface area contributed by atoms with Crippen molar-refractivity contribution in [3.63, 3.8) is 0 Å². The van der Waals surface area contributed by atoms with Crippen LogP contribution in [0.4, 0.5) is 10.5 Å². The number of esters is 1. The monoisotopic (exact) mass is 631 g/mol. The lowest BCUT2D eigenvalue weighted by atomic mass is 9.91. The molecule has 236 valence electrons.